The van der Waals surface area contributed by atoms with Crippen molar-refractivity contribution in [2.45, 2.75) is 58.4 Å². The Morgan fingerprint density at radius 1 is 1.21 bits per heavy atom. The monoisotopic (exact) mass is 400 g/mol. The quantitative estimate of drug-likeness (QED) is 0.796. The van der Waals surface area contributed by atoms with Gasteiger partial charge in [0.2, 0.25) is 5.91 Å². The minimum atomic E-state index is 0.0881. The van der Waals surface area contributed by atoms with Crippen molar-refractivity contribution in [3.8, 4) is 5.75 Å². The summed E-state index contributed by atoms with van der Waals surface area (Å²) in [6.45, 7) is 10.2. The number of hydrogen-bond acceptors (Lipinski definition) is 5. The number of rotatable bonds is 6. The van der Waals surface area contributed by atoms with Gasteiger partial charge in [0.05, 0.1) is 6.61 Å². The summed E-state index contributed by atoms with van der Waals surface area (Å²) in [7, 11) is 0. The molecule has 3 aliphatic rings. The molecular formula is C23H36N4O2. The van der Waals surface area contributed by atoms with Crippen LogP contribution in [0.5, 0.6) is 5.75 Å². The summed E-state index contributed by atoms with van der Waals surface area (Å²) in [5.41, 5.74) is 1.30. The van der Waals surface area contributed by atoms with Crippen molar-refractivity contribution in [1.29, 1.82) is 0 Å². The molecule has 1 aromatic rings. The van der Waals surface area contributed by atoms with Gasteiger partial charge in [-0.2, -0.15) is 0 Å². The predicted octanol–water partition coefficient (Wildman–Crippen LogP) is 2.86. The Hall–Kier alpha value is -1.82. The Labute approximate surface area is 175 Å². The van der Waals surface area contributed by atoms with Crippen LogP contribution >= 0.6 is 0 Å². The molecular weight excluding hydrogens is 364 g/mol. The minimum absolute atomic E-state index is 0.0881. The normalized spacial score (nSPS) is 25.0. The van der Waals surface area contributed by atoms with E-state index in [2.05, 4.69) is 26.2 Å². The highest BCUT2D eigenvalue weighted by Gasteiger charge is 2.26. The van der Waals surface area contributed by atoms with Crippen LogP contribution in [0.25, 0.3) is 0 Å². The zero-order chi connectivity index (χ0) is 20.2. The Kier molecular flexibility index (Phi) is 6.58. The maximum absolute atomic E-state index is 11.9. The highest BCUT2D eigenvalue weighted by Crippen LogP contribution is 2.34. The van der Waals surface area contributed by atoms with E-state index in [0.717, 1.165) is 69.5 Å². The van der Waals surface area contributed by atoms with Crippen LogP contribution in [-0.4, -0.2) is 61.2 Å². The molecule has 6 heteroatoms. The molecule has 0 radical (unpaired) electrons. The summed E-state index contributed by atoms with van der Waals surface area (Å²) in [4.78, 5) is 21.5. The van der Waals surface area contributed by atoms with Gasteiger partial charge in [0.1, 0.15) is 0 Å². The number of piperazine rings is 1. The van der Waals surface area contributed by atoms with E-state index in [1.807, 2.05) is 20.0 Å². The van der Waals surface area contributed by atoms with E-state index < -0.39 is 0 Å². The van der Waals surface area contributed by atoms with Crippen molar-refractivity contribution in [3.63, 3.8) is 0 Å². The van der Waals surface area contributed by atoms with Crippen LogP contribution in [0.15, 0.2) is 12.3 Å². The molecule has 29 heavy (non-hydrogen) atoms. The van der Waals surface area contributed by atoms with E-state index in [4.69, 9.17) is 4.74 Å². The number of carbonyl (C=O) groups is 1. The van der Waals surface area contributed by atoms with Gasteiger partial charge in [-0.05, 0) is 50.6 Å². The van der Waals surface area contributed by atoms with E-state index in [1.54, 1.807) is 0 Å². The van der Waals surface area contributed by atoms with Gasteiger partial charge in [-0.25, -0.2) is 4.98 Å². The third kappa shape index (κ3) is 5.03. The van der Waals surface area contributed by atoms with E-state index in [-0.39, 0.29) is 11.8 Å². The number of anilines is 1. The molecule has 6 nitrogen and oxygen atoms in total. The molecule has 2 fully saturated rings. The summed E-state index contributed by atoms with van der Waals surface area (Å²) in [5, 5.41) is 3.21. The molecule has 1 saturated heterocycles. The molecule has 0 spiro atoms. The van der Waals surface area contributed by atoms with Gasteiger partial charge < -0.3 is 15.0 Å². The maximum Gasteiger partial charge on any atom is 0.222 e. The number of nitrogens with one attached hydrogen (secondary N) is 1. The average molecular weight is 401 g/mol. The smallest absolute Gasteiger partial charge is 0.222 e. The van der Waals surface area contributed by atoms with E-state index in [1.165, 1.54) is 31.4 Å². The van der Waals surface area contributed by atoms with Gasteiger partial charge in [0.15, 0.2) is 11.6 Å². The Bertz CT molecular complexity index is 692. The second-order valence-electron chi connectivity index (χ2n) is 9.22. The van der Waals surface area contributed by atoms with Crippen LogP contribution in [0.3, 0.4) is 0 Å². The topological polar surface area (TPSA) is 57.7 Å². The summed E-state index contributed by atoms with van der Waals surface area (Å²) in [6, 6.07) is 2.48. The first-order valence-corrected chi connectivity index (χ1v) is 11.5. The third-order valence-electron chi connectivity index (χ3n) is 6.83. The van der Waals surface area contributed by atoms with Crippen LogP contribution in [0.2, 0.25) is 0 Å². The SMILES string of the molecule is CC(C)C(=O)NC1CCC(CCN2CCN(c3nccc4c3OCC4)CC2)CC1. The number of ether oxygens (including phenoxy) is 1. The predicted molar refractivity (Wildman–Crippen MR) is 115 cm³/mol. The second kappa shape index (κ2) is 9.33. The summed E-state index contributed by atoms with van der Waals surface area (Å²) in [5.74, 6) is 3.16. The first-order chi connectivity index (χ1) is 14.1. The lowest BCUT2D eigenvalue weighted by atomic mass is 9.84. The molecule has 4 rings (SSSR count). The van der Waals surface area contributed by atoms with Crippen molar-refractivity contribution in [2.75, 3.05) is 44.2 Å². The summed E-state index contributed by atoms with van der Waals surface area (Å²) in [6.07, 6.45) is 9.00. The molecule has 1 aromatic heterocycles. The number of fused-ring (bicyclic) bond motifs is 1. The van der Waals surface area contributed by atoms with E-state index >= 15 is 0 Å². The van der Waals surface area contributed by atoms with Gasteiger partial charge in [-0.1, -0.05) is 13.8 Å². The van der Waals surface area contributed by atoms with Gasteiger partial charge in [0, 0.05) is 56.3 Å². The fraction of sp³-hybridized carbons (Fsp3) is 0.739. The Balaban J connectivity index is 1.17. The first-order valence-electron chi connectivity index (χ1n) is 11.5. The van der Waals surface area contributed by atoms with Crippen molar-refractivity contribution in [3.05, 3.63) is 17.8 Å². The molecule has 1 saturated carbocycles. The molecule has 2 aliphatic heterocycles. The van der Waals surface area contributed by atoms with Crippen LogP contribution in [0.1, 0.15) is 51.5 Å². The zero-order valence-electron chi connectivity index (χ0n) is 18.0. The van der Waals surface area contributed by atoms with Gasteiger partial charge in [-0.3, -0.25) is 9.69 Å². The lowest BCUT2D eigenvalue weighted by Gasteiger charge is -2.37. The Morgan fingerprint density at radius 3 is 2.69 bits per heavy atom. The maximum atomic E-state index is 11.9. The molecule has 1 N–H and O–H groups in total. The molecule has 160 valence electrons. The molecule has 3 heterocycles. The van der Waals surface area contributed by atoms with E-state index in [0.29, 0.717) is 6.04 Å². The summed E-state index contributed by atoms with van der Waals surface area (Å²) >= 11 is 0. The van der Waals surface area contributed by atoms with Crippen molar-refractivity contribution in [1.82, 2.24) is 15.2 Å². The van der Waals surface area contributed by atoms with Crippen molar-refractivity contribution in [2.24, 2.45) is 11.8 Å². The fourth-order valence-corrected chi connectivity index (χ4v) is 4.83. The number of hydrogen-bond donors (Lipinski definition) is 1. The standard InChI is InChI=1S/C23H36N4O2/c1-17(2)23(28)25-20-5-3-18(4-6-20)8-11-26-12-14-27(15-13-26)22-21-19(7-10-24-22)9-16-29-21/h7,10,17-18,20H,3-6,8-9,11-16H2,1-2H3,(H,25,28). The molecule has 1 aliphatic carbocycles. The largest absolute Gasteiger partial charge is 0.489 e. The molecule has 1 amide bonds. The first kappa shape index (κ1) is 20.5. The molecule has 0 bridgehead atoms. The molecule has 0 aromatic carbocycles. The highest BCUT2D eigenvalue weighted by atomic mass is 16.5. The van der Waals surface area contributed by atoms with Crippen LogP contribution < -0.4 is 15.0 Å². The highest BCUT2D eigenvalue weighted by molar-refractivity contribution is 5.78. The average Bonchev–Trinajstić information content (AvgIpc) is 3.22. The van der Waals surface area contributed by atoms with Crippen LogP contribution in [0.4, 0.5) is 5.82 Å². The molecule has 0 unspecified atom stereocenters. The number of amides is 1. The van der Waals surface area contributed by atoms with Crippen LogP contribution in [0, 0.1) is 11.8 Å². The fourth-order valence-electron chi connectivity index (χ4n) is 4.83. The molecule has 0 atom stereocenters. The second-order valence-corrected chi connectivity index (χ2v) is 9.22. The lowest BCUT2D eigenvalue weighted by Crippen LogP contribution is -2.47. The van der Waals surface area contributed by atoms with Crippen molar-refractivity contribution >= 4 is 11.7 Å². The van der Waals surface area contributed by atoms with Crippen molar-refractivity contribution < 1.29 is 9.53 Å². The van der Waals surface area contributed by atoms with E-state index in [9.17, 15) is 4.79 Å². The minimum Gasteiger partial charge on any atom is -0.489 e. The lowest BCUT2D eigenvalue weighted by molar-refractivity contribution is -0.125. The zero-order valence-corrected chi connectivity index (χ0v) is 18.0. The van der Waals surface area contributed by atoms with Gasteiger partial charge in [0.25, 0.3) is 0 Å². The van der Waals surface area contributed by atoms with Crippen LogP contribution in [-0.2, 0) is 11.2 Å². The third-order valence-corrected chi connectivity index (χ3v) is 6.83. The van der Waals surface area contributed by atoms with Gasteiger partial charge in [-0.15, -0.1) is 0 Å². The number of nitrogens with zero attached hydrogens (tertiary/aromatic N) is 3. The number of pyridine rings is 1. The summed E-state index contributed by atoms with van der Waals surface area (Å²) < 4.78 is 5.84. The number of aromatic nitrogens is 1. The van der Waals surface area contributed by atoms with Gasteiger partial charge >= 0.3 is 0 Å². The number of carbonyl (C=O) groups excluding carboxylic acids is 1. The Morgan fingerprint density at radius 2 is 1.97 bits per heavy atom.